The van der Waals surface area contributed by atoms with Crippen molar-refractivity contribution in [1.82, 2.24) is 24.7 Å². The fourth-order valence-corrected chi connectivity index (χ4v) is 3.49. The van der Waals surface area contributed by atoms with Crippen LogP contribution in [0.4, 0.5) is 0 Å². The summed E-state index contributed by atoms with van der Waals surface area (Å²) in [6.45, 7) is 8.04. The average molecular weight is 387 g/mol. The fraction of sp³-hybridized carbons (Fsp3) is 0.550. The highest BCUT2D eigenvalue weighted by molar-refractivity contribution is 5.89. The monoisotopic (exact) mass is 387 g/mol. The van der Waals surface area contributed by atoms with E-state index in [4.69, 9.17) is 4.42 Å². The maximum Gasteiger partial charge on any atom is 0.237 e. The van der Waals surface area contributed by atoms with Gasteiger partial charge in [-0.2, -0.15) is 0 Å². The van der Waals surface area contributed by atoms with Crippen molar-refractivity contribution < 1.29 is 14.0 Å². The minimum absolute atomic E-state index is 0.0111. The molecule has 1 fully saturated rings. The van der Waals surface area contributed by atoms with Gasteiger partial charge in [0.25, 0.3) is 0 Å². The van der Waals surface area contributed by atoms with Crippen LogP contribution in [-0.4, -0.2) is 56.3 Å². The number of hydrogen-bond acceptors (Lipinski definition) is 5. The van der Waals surface area contributed by atoms with Crippen LogP contribution in [0.3, 0.4) is 0 Å². The van der Waals surface area contributed by atoms with E-state index in [2.05, 4.69) is 10.3 Å². The van der Waals surface area contributed by atoms with Gasteiger partial charge in [-0.3, -0.25) is 14.5 Å². The average Bonchev–Trinajstić information content (AvgIpc) is 3.23. The second-order valence-electron chi connectivity index (χ2n) is 7.56. The Morgan fingerprint density at radius 3 is 2.82 bits per heavy atom. The van der Waals surface area contributed by atoms with Gasteiger partial charge in [0.05, 0.1) is 25.6 Å². The van der Waals surface area contributed by atoms with Crippen molar-refractivity contribution in [3.8, 4) is 0 Å². The molecule has 0 bridgehead atoms. The first-order valence-corrected chi connectivity index (χ1v) is 9.68. The van der Waals surface area contributed by atoms with Gasteiger partial charge < -0.3 is 19.2 Å². The zero-order valence-electron chi connectivity index (χ0n) is 17.0. The Labute approximate surface area is 165 Å². The summed E-state index contributed by atoms with van der Waals surface area (Å²) < 4.78 is 7.57. The summed E-state index contributed by atoms with van der Waals surface area (Å²) >= 11 is 0. The summed E-state index contributed by atoms with van der Waals surface area (Å²) in [7, 11) is 1.91. The summed E-state index contributed by atoms with van der Waals surface area (Å²) in [5, 5.41) is 2.88. The first-order valence-electron chi connectivity index (χ1n) is 9.68. The molecule has 0 saturated carbocycles. The summed E-state index contributed by atoms with van der Waals surface area (Å²) in [6, 6.07) is 3.33. The molecule has 1 atom stereocenters. The van der Waals surface area contributed by atoms with Crippen LogP contribution >= 0.6 is 0 Å². The standard InChI is InChI=1S/C20H29N5O3/c1-14(2)25(13-18-21-7-9-23(18)4)19(26)11-17-20(27)22-8-10-24(17)12-16-6-5-15(3)28-16/h5-7,9,14,17H,8,10-13H2,1-4H3,(H,22,27)/t17-/m0/s1. The molecule has 1 aliphatic heterocycles. The van der Waals surface area contributed by atoms with Crippen molar-refractivity contribution in [2.24, 2.45) is 7.05 Å². The largest absolute Gasteiger partial charge is 0.465 e. The van der Waals surface area contributed by atoms with Gasteiger partial charge in [-0.25, -0.2) is 4.98 Å². The highest BCUT2D eigenvalue weighted by atomic mass is 16.3. The quantitative estimate of drug-likeness (QED) is 0.777. The third kappa shape index (κ3) is 4.62. The molecule has 0 aliphatic carbocycles. The zero-order valence-corrected chi connectivity index (χ0v) is 17.0. The minimum atomic E-state index is -0.505. The van der Waals surface area contributed by atoms with Crippen molar-refractivity contribution in [2.45, 2.75) is 52.4 Å². The van der Waals surface area contributed by atoms with E-state index in [9.17, 15) is 9.59 Å². The van der Waals surface area contributed by atoms with Crippen LogP contribution in [-0.2, 0) is 29.7 Å². The van der Waals surface area contributed by atoms with Gasteiger partial charge in [-0.1, -0.05) is 0 Å². The number of piperazine rings is 1. The molecule has 3 rings (SSSR count). The summed E-state index contributed by atoms with van der Waals surface area (Å²) in [4.78, 5) is 33.7. The fourth-order valence-electron chi connectivity index (χ4n) is 3.49. The lowest BCUT2D eigenvalue weighted by atomic mass is 10.1. The number of carbonyl (C=O) groups is 2. The predicted octanol–water partition coefficient (Wildman–Crippen LogP) is 1.45. The lowest BCUT2D eigenvalue weighted by Crippen LogP contribution is -2.56. The van der Waals surface area contributed by atoms with Gasteiger partial charge in [-0.05, 0) is 32.9 Å². The van der Waals surface area contributed by atoms with Crippen molar-refractivity contribution in [2.75, 3.05) is 13.1 Å². The van der Waals surface area contributed by atoms with Crippen LogP contribution in [0.25, 0.3) is 0 Å². The molecule has 1 N–H and O–H groups in total. The summed E-state index contributed by atoms with van der Waals surface area (Å²) in [5.74, 6) is 2.30. The zero-order chi connectivity index (χ0) is 20.3. The topological polar surface area (TPSA) is 83.6 Å². The van der Waals surface area contributed by atoms with Gasteiger partial charge >= 0.3 is 0 Å². The Balaban J connectivity index is 1.72. The van der Waals surface area contributed by atoms with Crippen molar-refractivity contribution >= 4 is 11.8 Å². The smallest absolute Gasteiger partial charge is 0.237 e. The van der Waals surface area contributed by atoms with Gasteiger partial charge in [0, 0.05) is 38.6 Å². The highest BCUT2D eigenvalue weighted by Crippen LogP contribution is 2.18. The number of furan rings is 1. The maximum absolute atomic E-state index is 13.1. The molecule has 152 valence electrons. The van der Waals surface area contributed by atoms with E-state index in [1.54, 1.807) is 11.1 Å². The third-order valence-electron chi connectivity index (χ3n) is 5.14. The Kier molecular flexibility index (Phi) is 6.18. The lowest BCUT2D eigenvalue weighted by molar-refractivity contribution is -0.140. The molecule has 8 nitrogen and oxygen atoms in total. The molecule has 0 spiro atoms. The van der Waals surface area contributed by atoms with E-state index in [1.165, 1.54) is 0 Å². The molecule has 28 heavy (non-hydrogen) atoms. The number of nitrogens with one attached hydrogen (secondary N) is 1. The number of carbonyl (C=O) groups excluding carboxylic acids is 2. The summed E-state index contributed by atoms with van der Waals surface area (Å²) in [6.07, 6.45) is 3.72. The molecule has 2 amide bonds. The number of hydrogen-bond donors (Lipinski definition) is 1. The molecule has 1 saturated heterocycles. The molecule has 3 heterocycles. The van der Waals surface area contributed by atoms with E-state index < -0.39 is 6.04 Å². The Morgan fingerprint density at radius 2 is 2.21 bits per heavy atom. The Morgan fingerprint density at radius 1 is 1.43 bits per heavy atom. The Hall–Kier alpha value is -2.61. The van der Waals surface area contributed by atoms with Gasteiger partial charge in [-0.15, -0.1) is 0 Å². The van der Waals surface area contributed by atoms with Gasteiger partial charge in [0.2, 0.25) is 11.8 Å². The SMILES string of the molecule is Cc1ccc(CN2CCNC(=O)[C@@H]2CC(=O)N(Cc2nccn2C)C(C)C)o1. The molecule has 0 unspecified atom stereocenters. The van der Waals surface area contributed by atoms with E-state index >= 15 is 0 Å². The minimum Gasteiger partial charge on any atom is -0.465 e. The van der Waals surface area contributed by atoms with Crippen molar-refractivity contribution in [3.63, 3.8) is 0 Å². The lowest BCUT2D eigenvalue weighted by Gasteiger charge is -2.36. The van der Waals surface area contributed by atoms with Crippen LogP contribution in [0.5, 0.6) is 0 Å². The first kappa shape index (κ1) is 20.1. The number of aromatic nitrogens is 2. The summed E-state index contributed by atoms with van der Waals surface area (Å²) in [5.41, 5.74) is 0. The molecule has 2 aromatic rings. The molecule has 0 aromatic carbocycles. The van der Waals surface area contributed by atoms with Crippen LogP contribution in [0.1, 0.15) is 37.6 Å². The number of imidazole rings is 1. The highest BCUT2D eigenvalue weighted by Gasteiger charge is 2.34. The second kappa shape index (κ2) is 8.60. The molecular formula is C20H29N5O3. The first-order chi connectivity index (χ1) is 13.3. The third-order valence-corrected chi connectivity index (χ3v) is 5.14. The number of aryl methyl sites for hydroxylation is 2. The molecule has 2 aromatic heterocycles. The van der Waals surface area contributed by atoms with Crippen molar-refractivity contribution in [3.05, 3.63) is 41.9 Å². The van der Waals surface area contributed by atoms with Gasteiger partial charge in [0.1, 0.15) is 17.3 Å². The number of amides is 2. The maximum atomic E-state index is 13.1. The second-order valence-corrected chi connectivity index (χ2v) is 7.56. The molecule has 0 radical (unpaired) electrons. The van der Waals surface area contributed by atoms with E-state index in [0.29, 0.717) is 26.2 Å². The molecular weight excluding hydrogens is 358 g/mol. The molecule has 1 aliphatic rings. The van der Waals surface area contributed by atoms with E-state index in [1.807, 2.05) is 55.6 Å². The van der Waals surface area contributed by atoms with E-state index in [0.717, 1.165) is 17.3 Å². The van der Waals surface area contributed by atoms with E-state index in [-0.39, 0.29) is 24.3 Å². The van der Waals surface area contributed by atoms with Crippen LogP contribution in [0, 0.1) is 6.92 Å². The number of rotatable bonds is 7. The van der Waals surface area contributed by atoms with Crippen molar-refractivity contribution in [1.29, 1.82) is 0 Å². The predicted molar refractivity (Wildman–Crippen MR) is 104 cm³/mol. The van der Waals surface area contributed by atoms with Crippen LogP contribution in [0.15, 0.2) is 28.9 Å². The number of nitrogens with zero attached hydrogens (tertiary/aromatic N) is 4. The van der Waals surface area contributed by atoms with Crippen LogP contribution < -0.4 is 5.32 Å². The van der Waals surface area contributed by atoms with Gasteiger partial charge in [0.15, 0.2) is 0 Å². The molecule has 8 heteroatoms. The normalized spacial score (nSPS) is 17.8. The van der Waals surface area contributed by atoms with Crippen LogP contribution in [0.2, 0.25) is 0 Å². The Bertz CT molecular complexity index is 825.